The molecule has 0 fully saturated rings. The van der Waals surface area contributed by atoms with Gasteiger partial charge in [0.1, 0.15) is 0 Å². The van der Waals surface area contributed by atoms with Gasteiger partial charge in [-0.3, -0.25) is 0 Å². The first-order valence-electron chi connectivity index (χ1n) is 5.92. The molecule has 0 spiro atoms. The average molecular weight is 194 g/mol. The smallest absolute Gasteiger partial charge is 0.00360 e. The van der Waals surface area contributed by atoms with Gasteiger partial charge in [0, 0.05) is 5.92 Å². The lowest BCUT2D eigenvalue weighted by Crippen LogP contribution is -2.13. The molecule has 0 heterocycles. The molecular weight excluding hydrogens is 168 g/mol. The van der Waals surface area contributed by atoms with Crippen molar-refractivity contribution in [2.45, 2.75) is 48.5 Å². The first-order chi connectivity index (χ1) is 6.54. The van der Waals surface area contributed by atoms with Crippen molar-refractivity contribution in [3.8, 4) is 0 Å². The molecule has 0 heteroatoms. The van der Waals surface area contributed by atoms with Gasteiger partial charge >= 0.3 is 0 Å². The number of hydrogen-bond acceptors (Lipinski definition) is 0. The van der Waals surface area contributed by atoms with Gasteiger partial charge in [0.25, 0.3) is 0 Å². The third kappa shape index (κ3) is 3.01. The molecule has 0 bridgehead atoms. The number of rotatable bonds is 2. The standard InChI is InChI=1S/C12H20.C2H6/c1-8(2)11-7-6-10(5)12(11)9(3)4;1-2/h6-9,12H,1-5H3;1-2H3. The molecule has 0 aromatic heterocycles. The maximum atomic E-state index is 2.31. The number of allylic oxidation sites excluding steroid dienone is 4. The lowest BCUT2D eigenvalue weighted by molar-refractivity contribution is 0.472. The zero-order chi connectivity index (χ0) is 11.3. The third-order valence-corrected chi connectivity index (χ3v) is 2.72. The molecule has 0 radical (unpaired) electrons. The van der Waals surface area contributed by atoms with E-state index < -0.39 is 0 Å². The van der Waals surface area contributed by atoms with Crippen LogP contribution < -0.4 is 0 Å². The molecular formula is C14H26. The summed E-state index contributed by atoms with van der Waals surface area (Å²) in [5, 5.41) is 0. The van der Waals surface area contributed by atoms with Crippen molar-refractivity contribution in [3.05, 3.63) is 23.3 Å². The lowest BCUT2D eigenvalue weighted by atomic mass is 9.81. The van der Waals surface area contributed by atoms with Crippen LogP contribution >= 0.6 is 0 Å². The van der Waals surface area contributed by atoms with Gasteiger partial charge in [0.15, 0.2) is 0 Å². The van der Waals surface area contributed by atoms with E-state index in [2.05, 4.69) is 46.8 Å². The first-order valence-corrected chi connectivity index (χ1v) is 5.92. The van der Waals surface area contributed by atoms with E-state index in [1.54, 1.807) is 5.57 Å². The normalized spacial score (nSPS) is 20.5. The van der Waals surface area contributed by atoms with E-state index >= 15 is 0 Å². The average Bonchev–Trinajstić information content (AvgIpc) is 2.50. The van der Waals surface area contributed by atoms with Gasteiger partial charge in [-0.2, -0.15) is 0 Å². The summed E-state index contributed by atoms with van der Waals surface area (Å²) in [6.45, 7) is 15.4. The summed E-state index contributed by atoms with van der Waals surface area (Å²) in [4.78, 5) is 0. The molecule has 0 nitrogen and oxygen atoms in total. The van der Waals surface area contributed by atoms with Gasteiger partial charge in [-0.1, -0.05) is 64.8 Å². The minimum absolute atomic E-state index is 0.700. The first kappa shape index (κ1) is 13.5. The molecule has 14 heavy (non-hydrogen) atoms. The monoisotopic (exact) mass is 194 g/mol. The molecule has 0 aliphatic heterocycles. The Hall–Kier alpha value is -0.520. The quantitative estimate of drug-likeness (QED) is 0.591. The van der Waals surface area contributed by atoms with Crippen molar-refractivity contribution in [1.29, 1.82) is 0 Å². The molecule has 0 saturated heterocycles. The summed E-state index contributed by atoms with van der Waals surface area (Å²) in [5.74, 6) is 2.16. The molecule has 82 valence electrons. The Morgan fingerprint density at radius 3 is 1.79 bits per heavy atom. The van der Waals surface area contributed by atoms with Crippen LogP contribution in [-0.2, 0) is 0 Å². The van der Waals surface area contributed by atoms with Crippen LogP contribution in [0.3, 0.4) is 0 Å². The SMILES string of the molecule is CC.CC1=CC=C(C(C)C)C1C(C)C. The number of hydrogen-bond donors (Lipinski definition) is 0. The topological polar surface area (TPSA) is 0 Å². The van der Waals surface area contributed by atoms with Crippen molar-refractivity contribution in [1.82, 2.24) is 0 Å². The van der Waals surface area contributed by atoms with Gasteiger partial charge in [-0.05, 0) is 18.8 Å². The van der Waals surface area contributed by atoms with Gasteiger partial charge in [0.2, 0.25) is 0 Å². The summed E-state index contributed by atoms with van der Waals surface area (Å²) in [7, 11) is 0. The highest BCUT2D eigenvalue weighted by molar-refractivity contribution is 5.34. The van der Waals surface area contributed by atoms with Crippen LogP contribution in [0.2, 0.25) is 0 Å². The van der Waals surface area contributed by atoms with E-state index in [0.29, 0.717) is 11.8 Å². The molecule has 1 unspecified atom stereocenters. The van der Waals surface area contributed by atoms with Crippen LogP contribution in [0.5, 0.6) is 0 Å². The zero-order valence-electron chi connectivity index (χ0n) is 10.9. The largest absolute Gasteiger partial charge is 0.0683 e. The van der Waals surface area contributed by atoms with Crippen LogP contribution in [0.1, 0.15) is 48.5 Å². The van der Waals surface area contributed by atoms with Gasteiger partial charge in [-0.15, -0.1) is 0 Å². The van der Waals surface area contributed by atoms with Crippen molar-refractivity contribution >= 4 is 0 Å². The van der Waals surface area contributed by atoms with E-state index in [1.807, 2.05) is 13.8 Å². The molecule has 1 atom stereocenters. The molecule has 1 aliphatic rings. The van der Waals surface area contributed by atoms with E-state index in [4.69, 9.17) is 0 Å². The highest BCUT2D eigenvalue weighted by atomic mass is 14.3. The summed E-state index contributed by atoms with van der Waals surface area (Å²) in [6.07, 6.45) is 4.59. The van der Waals surface area contributed by atoms with E-state index in [-0.39, 0.29) is 0 Å². The van der Waals surface area contributed by atoms with Gasteiger partial charge in [-0.25, -0.2) is 0 Å². The second kappa shape index (κ2) is 6.06. The molecule has 0 amide bonds. The Morgan fingerprint density at radius 2 is 1.50 bits per heavy atom. The van der Waals surface area contributed by atoms with E-state index in [0.717, 1.165) is 5.92 Å². The van der Waals surface area contributed by atoms with Crippen LogP contribution in [0, 0.1) is 17.8 Å². The van der Waals surface area contributed by atoms with Crippen LogP contribution in [-0.4, -0.2) is 0 Å². The predicted molar refractivity (Wildman–Crippen MR) is 66.4 cm³/mol. The summed E-state index contributed by atoms with van der Waals surface area (Å²) >= 11 is 0. The maximum absolute atomic E-state index is 2.31. The van der Waals surface area contributed by atoms with Crippen LogP contribution in [0.15, 0.2) is 23.3 Å². The zero-order valence-corrected chi connectivity index (χ0v) is 10.9. The molecule has 0 aromatic carbocycles. The fraction of sp³-hybridized carbons (Fsp3) is 0.714. The fourth-order valence-corrected chi connectivity index (χ4v) is 2.16. The third-order valence-electron chi connectivity index (χ3n) is 2.72. The summed E-state index contributed by atoms with van der Waals surface area (Å²) in [6, 6.07) is 0. The maximum Gasteiger partial charge on any atom is 0.00360 e. The van der Waals surface area contributed by atoms with Crippen LogP contribution in [0.4, 0.5) is 0 Å². The highest BCUT2D eigenvalue weighted by Gasteiger charge is 2.24. The Balaban J connectivity index is 0.000000791. The summed E-state index contributed by atoms with van der Waals surface area (Å²) in [5.41, 5.74) is 3.15. The van der Waals surface area contributed by atoms with Crippen molar-refractivity contribution in [2.24, 2.45) is 17.8 Å². The molecule has 0 aromatic rings. The van der Waals surface area contributed by atoms with E-state index in [9.17, 15) is 0 Å². The van der Waals surface area contributed by atoms with Crippen LogP contribution in [0.25, 0.3) is 0 Å². The Morgan fingerprint density at radius 1 is 1.00 bits per heavy atom. The molecule has 1 aliphatic carbocycles. The lowest BCUT2D eigenvalue weighted by Gasteiger charge is -2.23. The molecule has 1 rings (SSSR count). The Labute approximate surface area is 90.1 Å². The molecule has 0 N–H and O–H groups in total. The van der Waals surface area contributed by atoms with Crippen molar-refractivity contribution in [3.63, 3.8) is 0 Å². The predicted octanol–water partition coefficient (Wildman–Crippen LogP) is 4.83. The van der Waals surface area contributed by atoms with Crippen molar-refractivity contribution in [2.75, 3.05) is 0 Å². The fourth-order valence-electron chi connectivity index (χ4n) is 2.16. The highest BCUT2D eigenvalue weighted by Crippen LogP contribution is 2.36. The second-order valence-corrected chi connectivity index (χ2v) is 4.45. The van der Waals surface area contributed by atoms with Crippen molar-refractivity contribution < 1.29 is 0 Å². The Bertz CT molecular complexity index is 216. The minimum atomic E-state index is 0.700. The van der Waals surface area contributed by atoms with E-state index in [1.165, 1.54) is 5.57 Å². The minimum Gasteiger partial charge on any atom is -0.0683 e. The van der Waals surface area contributed by atoms with Gasteiger partial charge in [0.05, 0.1) is 0 Å². The summed E-state index contributed by atoms with van der Waals surface area (Å²) < 4.78 is 0. The Kier molecular flexibility index (Phi) is 5.83. The van der Waals surface area contributed by atoms with Gasteiger partial charge < -0.3 is 0 Å². The second-order valence-electron chi connectivity index (χ2n) is 4.45. The molecule has 0 saturated carbocycles.